The molecule has 0 N–H and O–H groups in total. The normalized spacial score (nSPS) is 14.8. The van der Waals surface area contributed by atoms with Crippen LogP contribution >= 0.6 is 0 Å². The Morgan fingerprint density at radius 2 is 1.84 bits per heavy atom. The summed E-state index contributed by atoms with van der Waals surface area (Å²) in [5.41, 5.74) is 7.06. The number of allylic oxidation sites excluding steroid dienone is 1. The van der Waals surface area contributed by atoms with E-state index in [1.807, 2.05) is 31.9 Å². The first-order chi connectivity index (χ1) is 15.0. The molecule has 4 nitrogen and oxygen atoms in total. The van der Waals surface area contributed by atoms with Crippen LogP contribution in [0, 0.1) is 13.8 Å². The third-order valence-corrected chi connectivity index (χ3v) is 6.13. The lowest BCUT2D eigenvalue weighted by Crippen LogP contribution is -2.34. The van der Waals surface area contributed by atoms with Crippen molar-refractivity contribution in [3.05, 3.63) is 59.4 Å². The first kappa shape index (κ1) is 21.2. The maximum Gasteiger partial charge on any atom is 0.246 e. The summed E-state index contributed by atoms with van der Waals surface area (Å²) in [5, 5.41) is 1.04. The van der Waals surface area contributed by atoms with Crippen molar-refractivity contribution in [2.24, 2.45) is 0 Å². The van der Waals surface area contributed by atoms with Crippen molar-refractivity contribution < 1.29 is 13.9 Å². The summed E-state index contributed by atoms with van der Waals surface area (Å²) < 4.78 is 12.0. The van der Waals surface area contributed by atoms with Crippen molar-refractivity contribution in [3.8, 4) is 16.9 Å². The molecule has 0 bridgehead atoms. The number of aryl methyl sites for hydroxylation is 2. The highest BCUT2D eigenvalue weighted by molar-refractivity contribution is 6.01. The van der Waals surface area contributed by atoms with Crippen molar-refractivity contribution in [2.45, 2.75) is 47.0 Å². The number of amides is 1. The minimum Gasteiger partial charge on any atom is -0.493 e. The van der Waals surface area contributed by atoms with Crippen molar-refractivity contribution in [1.29, 1.82) is 0 Å². The van der Waals surface area contributed by atoms with Crippen LogP contribution in [0.3, 0.4) is 0 Å². The fourth-order valence-corrected chi connectivity index (χ4v) is 4.36. The van der Waals surface area contributed by atoms with Gasteiger partial charge >= 0.3 is 0 Å². The average Bonchev–Trinajstić information content (AvgIpc) is 3.21. The summed E-state index contributed by atoms with van der Waals surface area (Å²) >= 11 is 0. The van der Waals surface area contributed by atoms with Gasteiger partial charge in [0.25, 0.3) is 0 Å². The van der Waals surface area contributed by atoms with Crippen molar-refractivity contribution >= 4 is 22.4 Å². The average molecular weight is 418 g/mol. The largest absolute Gasteiger partial charge is 0.493 e. The molecular weight excluding hydrogens is 386 g/mol. The monoisotopic (exact) mass is 417 g/mol. The van der Waals surface area contributed by atoms with E-state index in [9.17, 15) is 4.79 Å². The summed E-state index contributed by atoms with van der Waals surface area (Å²) in [6, 6.07) is 10.6. The van der Waals surface area contributed by atoms with Gasteiger partial charge in [-0.1, -0.05) is 29.8 Å². The first-order valence-corrected chi connectivity index (χ1v) is 11.2. The molecule has 1 aliphatic heterocycles. The molecule has 1 aliphatic rings. The van der Waals surface area contributed by atoms with Crippen molar-refractivity contribution in [1.82, 2.24) is 4.90 Å². The minimum atomic E-state index is 0.0864. The van der Waals surface area contributed by atoms with E-state index < -0.39 is 0 Å². The highest BCUT2D eigenvalue weighted by Gasteiger charge is 2.20. The maximum atomic E-state index is 12.9. The second-order valence-corrected chi connectivity index (χ2v) is 8.42. The van der Waals surface area contributed by atoms with Crippen molar-refractivity contribution in [3.63, 3.8) is 0 Å². The predicted molar refractivity (Wildman–Crippen MR) is 126 cm³/mol. The van der Waals surface area contributed by atoms with E-state index in [-0.39, 0.29) is 5.91 Å². The molecule has 1 amide bonds. The van der Waals surface area contributed by atoms with Crippen LogP contribution in [-0.2, 0) is 4.79 Å². The molecule has 1 saturated heterocycles. The molecule has 0 spiro atoms. The Morgan fingerprint density at radius 1 is 1.13 bits per heavy atom. The molecule has 4 heteroatoms. The number of hydrogen-bond donors (Lipinski definition) is 0. The quantitative estimate of drug-likeness (QED) is 0.443. The number of benzene rings is 2. The van der Waals surface area contributed by atoms with Gasteiger partial charge in [0.15, 0.2) is 0 Å². The number of carbonyl (C=O) groups is 1. The van der Waals surface area contributed by atoms with E-state index in [0.717, 1.165) is 70.5 Å². The van der Waals surface area contributed by atoms with E-state index in [1.54, 1.807) is 6.08 Å². The fourth-order valence-electron chi connectivity index (χ4n) is 4.36. The number of nitrogens with zero attached hydrogens (tertiary/aromatic N) is 1. The highest BCUT2D eigenvalue weighted by atomic mass is 16.5. The number of furan rings is 1. The summed E-state index contributed by atoms with van der Waals surface area (Å²) in [4.78, 5) is 14.8. The molecule has 31 heavy (non-hydrogen) atoms. The maximum absolute atomic E-state index is 12.9. The van der Waals surface area contributed by atoms with Gasteiger partial charge in [-0.2, -0.15) is 0 Å². The number of fused-ring (bicyclic) bond motifs is 1. The van der Waals surface area contributed by atoms with Gasteiger partial charge in [0, 0.05) is 41.2 Å². The zero-order valence-electron chi connectivity index (χ0n) is 19.0. The van der Waals surface area contributed by atoms with Crippen LogP contribution in [0.4, 0.5) is 0 Å². The van der Waals surface area contributed by atoms with E-state index >= 15 is 0 Å². The standard InChI is InChI=1S/C27H31NO3/c1-5-30-26-20(4)27-23(24(17-31-27)21-11-9-18(2)10-12-21)16-22(26)19(3)15-25(29)28-13-7-6-8-14-28/h9-12,15-17H,5-8,13-14H2,1-4H3/b19-15+. The molecule has 2 aromatic carbocycles. The second-order valence-electron chi connectivity index (χ2n) is 8.42. The van der Waals surface area contributed by atoms with E-state index in [2.05, 4.69) is 37.3 Å². The van der Waals surface area contributed by atoms with Crippen LogP contribution in [0.2, 0.25) is 0 Å². The zero-order chi connectivity index (χ0) is 22.0. The zero-order valence-corrected chi connectivity index (χ0v) is 19.0. The molecule has 1 aromatic heterocycles. The molecule has 0 atom stereocenters. The third kappa shape index (κ3) is 4.25. The van der Waals surface area contributed by atoms with Crippen LogP contribution in [-0.4, -0.2) is 30.5 Å². The molecule has 162 valence electrons. The summed E-state index contributed by atoms with van der Waals surface area (Å²) in [6.07, 6.45) is 6.96. The van der Waals surface area contributed by atoms with Crippen LogP contribution in [0.5, 0.6) is 5.75 Å². The van der Waals surface area contributed by atoms with Gasteiger partial charge < -0.3 is 14.1 Å². The lowest BCUT2D eigenvalue weighted by atomic mass is 9.96. The molecule has 1 fully saturated rings. The Bertz CT molecular complexity index is 1120. The lowest BCUT2D eigenvalue weighted by Gasteiger charge is -2.25. The van der Waals surface area contributed by atoms with Crippen molar-refractivity contribution in [2.75, 3.05) is 19.7 Å². The van der Waals surface area contributed by atoms with Gasteiger partial charge in [0.05, 0.1) is 12.9 Å². The molecule has 0 unspecified atom stereocenters. The number of piperidine rings is 1. The van der Waals surface area contributed by atoms with Crippen LogP contribution in [0.25, 0.3) is 27.7 Å². The first-order valence-electron chi connectivity index (χ1n) is 11.2. The van der Waals surface area contributed by atoms with Gasteiger partial charge in [-0.3, -0.25) is 4.79 Å². The Labute approximate surface area is 184 Å². The number of hydrogen-bond acceptors (Lipinski definition) is 3. The molecule has 0 radical (unpaired) electrons. The van der Waals surface area contributed by atoms with Gasteiger partial charge in [-0.15, -0.1) is 0 Å². The SMILES string of the molecule is CCOc1c(/C(C)=C/C(=O)N2CCCCC2)cc2c(-c3ccc(C)cc3)coc2c1C. The van der Waals surface area contributed by atoms with E-state index in [4.69, 9.17) is 9.15 Å². The van der Waals surface area contributed by atoms with Gasteiger partial charge in [0.2, 0.25) is 5.91 Å². The third-order valence-electron chi connectivity index (χ3n) is 6.13. The van der Waals surface area contributed by atoms with E-state index in [1.165, 1.54) is 12.0 Å². The Hall–Kier alpha value is -3.01. The Balaban J connectivity index is 1.81. The smallest absolute Gasteiger partial charge is 0.246 e. The second kappa shape index (κ2) is 9.01. The number of likely N-dealkylation sites (tertiary alicyclic amines) is 1. The van der Waals surface area contributed by atoms with Crippen LogP contribution < -0.4 is 4.74 Å². The number of carbonyl (C=O) groups excluding carboxylic acids is 1. The summed E-state index contributed by atoms with van der Waals surface area (Å²) in [7, 11) is 0. The minimum absolute atomic E-state index is 0.0864. The molecular formula is C27H31NO3. The topological polar surface area (TPSA) is 42.7 Å². The highest BCUT2D eigenvalue weighted by Crippen LogP contribution is 2.40. The van der Waals surface area contributed by atoms with Gasteiger partial charge in [-0.25, -0.2) is 0 Å². The fraction of sp³-hybridized carbons (Fsp3) is 0.370. The summed E-state index contributed by atoms with van der Waals surface area (Å²) in [5.74, 6) is 0.878. The number of rotatable bonds is 5. The van der Waals surface area contributed by atoms with Crippen LogP contribution in [0.1, 0.15) is 49.8 Å². The molecule has 4 rings (SSSR count). The summed E-state index contributed by atoms with van der Waals surface area (Å²) in [6.45, 7) is 10.3. The van der Waals surface area contributed by atoms with Gasteiger partial charge in [0.1, 0.15) is 11.3 Å². The van der Waals surface area contributed by atoms with Gasteiger partial charge in [-0.05, 0) is 64.2 Å². The Morgan fingerprint density at radius 3 is 2.52 bits per heavy atom. The van der Waals surface area contributed by atoms with E-state index in [0.29, 0.717) is 6.61 Å². The van der Waals surface area contributed by atoms with Crippen LogP contribution in [0.15, 0.2) is 47.1 Å². The molecule has 3 aromatic rings. The molecule has 0 saturated carbocycles. The molecule has 2 heterocycles. The lowest BCUT2D eigenvalue weighted by molar-refractivity contribution is -0.126. The molecule has 0 aliphatic carbocycles. The Kier molecular flexibility index (Phi) is 6.17. The number of ether oxygens (including phenoxy) is 1. The predicted octanol–water partition coefficient (Wildman–Crippen LogP) is 6.53.